The molecule has 1 aliphatic heterocycles. The largest absolute Gasteiger partial charge is 0.379 e. The van der Waals surface area contributed by atoms with E-state index in [-0.39, 0.29) is 23.7 Å². The van der Waals surface area contributed by atoms with E-state index >= 15 is 0 Å². The number of nitrogens with one attached hydrogen (secondary N) is 2. The molecular formula is C20H34N6O3S. The summed E-state index contributed by atoms with van der Waals surface area (Å²) in [5.74, 6) is 0.949. The third-order valence-corrected chi connectivity index (χ3v) is 8.76. The smallest absolute Gasteiger partial charge is 0.208 e. The molecule has 1 spiro atoms. The van der Waals surface area contributed by atoms with Crippen LogP contribution in [0, 0.1) is 5.41 Å². The second-order valence-electron chi connectivity index (χ2n) is 10.2. The Labute approximate surface area is 178 Å². The fraction of sp³-hybridized carbons (Fsp3) is 0.950. The molecule has 5 rings (SSSR count). The monoisotopic (exact) mass is 438 g/mol. The van der Waals surface area contributed by atoms with Gasteiger partial charge in [-0.2, -0.15) is 0 Å². The van der Waals surface area contributed by atoms with Crippen molar-refractivity contribution in [1.82, 2.24) is 30.2 Å². The van der Waals surface area contributed by atoms with Crippen LogP contribution in [0.5, 0.6) is 0 Å². The molecule has 3 saturated carbocycles. The molecule has 0 amide bonds. The predicted octanol–water partition coefficient (Wildman–Crippen LogP) is 1.63. The Bertz CT molecular complexity index is 844. The van der Waals surface area contributed by atoms with Gasteiger partial charge in [-0.25, -0.2) is 17.8 Å². The number of ether oxygens (including phenoxy) is 1. The average molecular weight is 439 g/mol. The van der Waals surface area contributed by atoms with Gasteiger partial charge in [-0.3, -0.25) is 0 Å². The van der Waals surface area contributed by atoms with E-state index in [1.54, 1.807) is 0 Å². The van der Waals surface area contributed by atoms with E-state index in [2.05, 4.69) is 25.6 Å². The van der Waals surface area contributed by atoms with E-state index in [4.69, 9.17) is 4.74 Å². The summed E-state index contributed by atoms with van der Waals surface area (Å²) in [6.07, 6.45) is 13.8. The van der Waals surface area contributed by atoms with Crippen LogP contribution in [0.15, 0.2) is 0 Å². The SMILES string of the molecule is CS(=O)(=O)NC1CC(NC2(c3nnnn3C3CCOC3)CCC3(CCCC3)CC2)C1. The van der Waals surface area contributed by atoms with E-state index in [1.807, 2.05) is 4.68 Å². The van der Waals surface area contributed by atoms with Crippen LogP contribution >= 0.6 is 0 Å². The Balaban J connectivity index is 1.35. The van der Waals surface area contributed by atoms with Gasteiger partial charge in [0, 0.05) is 18.7 Å². The summed E-state index contributed by atoms with van der Waals surface area (Å²) in [6, 6.07) is 0.516. The Kier molecular flexibility index (Phi) is 5.40. The quantitative estimate of drug-likeness (QED) is 0.694. The van der Waals surface area contributed by atoms with Crippen LogP contribution in [0.1, 0.15) is 82.5 Å². The molecule has 0 radical (unpaired) electrons. The molecule has 1 aromatic heterocycles. The predicted molar refractivity (Wildman–Crippen MR) is 111 cm³/mol. The normalized spacial score (nSPS) is 33.0. The van der Waals surface area contributed by atoms with Crippen LogP contribution in [-0.2, 0) is 20.3 Å². The summed E-state index contributed by atoms with van der Waals surface area (Å²) in [5.41, 5.74) is 0.278. The molecule has 10 heteroatoms. The van der Waals surface area contributed by atoms with Crippen LogP contribution in [0.2, 0.25) is 0 Å². The number of sulfonamides is 1. The molecule has 2 N–H and O–H groups in total. The highest BCUT2D eigenvalue weighted by molar-refractivity contribution is 7.88. The molecule has 0 bridgehead atoms. The van der Waals surface area contributed by atoms with Gasteiger partial charge in [0.2, 0.25) is 10.0 Å². The molecule has 168 valence electrons. The van der Waals surface area contributed by atoms with Gasteiger partial charge in [0.1, 0.15) is 0 Å². The molecule has 1 atom stereocenters. The lowest BCUT2D eigenvalue weighted by Gasteiger charge is -2.49. The fourth-order valence-corrected chi connectivity index (χ4v) is 7.06. The lowest BCUT2D eigenvalue weighted by molar-refractivity contribution is 0.0725. The van der Waals surface area contributed by atoms with Crippen molar-refractivity contribution in [2.75, 3.05) is 19.5 Å². The zero-order valence-electron chi connectivity index (χ0n) is 17.8. The summed E-state index contributed by atoms with van der Waals surface area (Å²) in [5, 5.41) is 16.9. The molecule has 30 heavy (non-hydrogen) atoms. The lowest BCUT2D eigenvalue weighted by atomic mass is 9.65. The van der Waals surface area contributed by atoms with Gasteiger partial charge in [0.15, 0.2) is 5.82 Å². The zero-order valence-corrected chi connectivity index (χ0v) is 18.7. The summed E-state index contributed by atoms with van der Waals surface area (Å²) in [7, 11) is -3.16. The van der Waals surface area contributed by atoms with Crippen molar-refractivity contribution in [2.24, 2.45) is 5.41 Å². The Morgan fingerprint density at radius 1 is 1.07 bits per heavy atom. The standard InChI is InChI=1S/C20H34N6O3S/c1-30(27,28)23-16-12-15(13-16)21-20(9-7-19(8-10-20)5-2-3-6-19)18-22-24-25-26(18)17-4-11-29-14-17/h15-17,21,23H,2-14H2,1H3. The molecule has 9 nitrogen and oxygen atoms in total. The van der Waals surface area contributed by atoms with Crippen LogP contribution in [0.4, 0.5) is 0 Å². The molecule has 1 aromatic rings. The van der Waals surface area contributed by atoms with E-state index in [9.17, 15) is 8.42 Å². The maximum Gasteiger partial charge on any atom is 0.208 e. The summed E-state index contributed by atoms with van der Waals surface area (Å²) in [6.45, 7) is 1.43. The average Bonchev–Trinajstić information content (AvgIpc) is 3.43. The van der Waals surface area contributed by atoms with E-state index < -0.39 is 10.0 Å². The Morgan fingerprint density at radius 2 is 1.80 bits per heavy atom. The number of hydrogen-bond acceptors (Lipinski definition) is 7. The highest BCUT2D eigenvalue weighted by Crippen LogP contribution is 2.54. The Hall–Kier alpha value is -1.10. The Morgan fingerprint density at radius 3 is 2.43 bits per heavy atom. The van der Waals surface area contributed by atoms with Crippen molar-refractivity contribution in [3.63, 3.8) is 0 Å². The fourth-order valence-electron chi connectivity index (χ4n) is 6.26. The van der Waals surface area contributed by atoms with Crippen LogP contribution in [0.3, 0.4) is 0 Å². The van der Waals surface area contributed by atoms with Crippen molar-refractivity contribution >= 4 is 10.0 Å². The molecule has 4 aliphatic rings. The van der Waals surface area contributed by atoms with Crippen molar-refractivity contribution in [2.45, 2.75) is 94.3 Å². The number of aromatic nitrogens is 4. The number of tetrazole rings is 1. The second-order valence-corrected chi connectivity index (χ2v) is 11.9. The van der Waals surface area contributed by atoms with Crippen molar-refractivity contribution in [3.8, 4) is 0 Å². The van der Waals surface area contributed by atoms with Gasteiger partial charge in [-0.1, -0.05) is 12.8 Å². The van der Waals surface area contributed by atoms with Gasteiger partial charge in [-0.05, 0) is 73.6 Å². The van der Waals surface area contributed by atoms with Gasteiger partial charge in [0.25, 0.3) is 0 Å². The number of nitrogens with zero attached hydrogens (tertiary/aromatic N) is 4. The van der Waals surface area contributed by atoms with Crippen LogP contribution < -0.4 is 10.0 Å². The highest BCUT2D eigenvalue weighted by atomic mass is 32.2. The molecule has 3 aliphatic carbocycles. The third-order valence-electron chi connectivity index (χ3n) is 8.00. The molecule has 1 unspecified atom stereocenters. The molecular weight excluding hydrogens is 404 g/mol. The molecule has 2 heterocycles. The minimum absolute atomic E-state index is 0.0264. The first-order valence-electron chi connectivity index (χ1n) is 11.5. The second kappa shape index (κ2) is 7.79. The topological polar surface area (TPSA) is 111 Å². The van der Waals surface area contributed by atoms with E-state index in [0.717, 1.165) is 44.5 Å². The minimum atomic E-state index is -3.16. The van der Waals surface area contributed by atoms with Crippen LogP contribution in [-0.4, -0.2) is 60.2 Å². The van der Waals surface area contributed by atoms with E-state index in [0.29, 0.717) is 12.0 Å². The first-order valence-corrected chi connectivity index (χ1v) is 13.4. The van der Waals surface area contributed by atoms with Crippen molar-refractivity contribution in [1.29, 1.82) is 0 Å². The van der Waals surface area contributed by atoms with Gasteiger partial charge < -0.3 is 10.1 Å². The molecule has 0 aromatic carbocycles. The lowest BCUT2D eigenvalue weighted by Crippen LogP contribution is -2.60. The van der Waals surface area contributed by atoms with Gasteiger partial charge >= 0.3 is 0 Å². The molecule has 1 saturated heterocycles. The van der Waals surface area contributed by atoms with Crippen LogP contribution in [0.25, 0.3) is 0 Å². The summed E-state index contributed by atoms with van der Waals surface area (Å²) in [4.78, 5) is 0. The number of rotatable bonds is 6. The highest BCUT2D eigenvalue weighted by Gasteiger charge is 2.50. The first-order chi connectivity index (χ1) is 14.4. The number of hydrogen-bond donors (Lipinski definition) is 2. The first kappa shape index (κ1) is 20.8. The minimum Gasteiger partial charge on any atom is -0.379 e. The van der Waals surface area contributed by atoms with Crippen molar-refractivity contribution < 1.29 is 13.2 Å². The van der Waals surface area contributed by atoms with Gasteiger partial charge in [-0.15, -0.1) is 5.10 Å². The summed E-state index contributed by atoms with van der Waals surface area (Å²) >= 11 is 0. The van der Waals surface area contributed by atoms with Crippen molar-refractivity contribution in [3.05, 3.63) is 5.82 Å². The van der Waals surface area contributed by atoms with E-state index in [1.165, 1.54) is 44.8 Å². The maximum atomic E-state index is 11.5. The summed E-state index contributed by atoms with van der Waals surface area (Å²) < 4.78 is 33.4. The maximum absolute atomic E-state index is 11.5. The molecule has 4 fully saturated rings. The zero-order chi connectivity index (χ0) is 20.8. The van der Waals surface area contributed by atoms with Gasteiger partial charge in [0.05, 0.1) is 24.4 Å². The third kappa shape index (κ3) is 4.03.